The van der Waals surface area contributed by atoms with Gasteiger partial charge in [0.1, 0.15) is 5.75 Å². The lowest BCUT2D eigenvalue weighted by Gasteiger charge is -2.07. The number of methoxy groups -OCH3 is 1. The van der Waals surface area contributed by atoms with Crippen LogP contribution in [0.15, 0.2) is 23.6 Å². The van der Waals surface area contributed by atoms with Crippen LogP contribution in [0, 0.1) is 5.92 Å². The smallest absolute Gasteiger partial charge is 0.119 e. The van der Waals surface area contributed by atoms with Crippen LogP contribution in [0.4, 0.5) is 0 Å². The molecule has 0 unspecified atom stereocenters. The van der Waals surface area contributed by atoms with Crippen LogP contribution in [0.25, 0.3) is 10.1 Å². The number of hydrogen-bond donors (Lipinski definition) is 1. The van der Waals surface area contributed by atoms with E-state index in [1.54, 1.807) is 7.11 Å². The average molecular weight is 263 g/mol. The highest BCUT2D eigenvalue weighted by Gasteiger charge is 2.05. The van der Waals surface area contributed by atoms with Crippen LogP contribution >= 0.6 is 11.3 Å². The molecule has 1 aromatic heterocycles. The maximum Gasteiger partial charge on any atom is 0.119 e. The molecular formula is C15H21NOS. The Morgan fingerprint density at radius 3 is 2.89 bits per heavy atom. The van der Waals surface area contributed by atoms with Gasteiger partial charge in [-0.2, -0.15) is 0 Å². The topological polar surface area (TPSA) is 21.3 Å². The average Bonchev–Trinajstić information content (AvgIpc) is 2.76. The summed E-state index contributed by atoms with van der Waals surface area (Å²) in [5.74, 6) is 1.65. The summed E-state index contributed by atoms with van der Waals surface area (Å²) in [5.41, 5.74) is 1.42. The fourth-order valence-electron chi connectivity index (χ4n) is 2.00. The molecule has 0 aliphatic carbocycles. The first-order valence-corrected chi connectivity index (χ1v) is 7.33. The molecule has 18 heavy (non-hydrogen) atoms. The zero-order valence-corrected chi connectivity index (χ0v) is 12.1. The normalized spacial score (nSPS) is 11.3. The van der Waals surface area contributed by atoms with Gasteiger partial charge >= 0.3 is 0 Å². The summed E-state index contributed by atoms with van der Waals surface area (Å²) in [6.07, 6.45) is 1.08. The Morgan fingerprint density at radius 2 is 2.17 bits per heavy atom. The standard InChI is InChI=1S/C15H21NOS/c1-11(2)9-16-7-6-12-10-18-15-5-4-13(17-3)8-14(12)15/h4-5,8,10-11,16H,6-7,9H2,1-3H3. The lowest BCUT2D eigenvalue weighted by Crippen LogP contribution is -2.21. The van der Waals surface area contributed by atoms with E-state index in [0.29, 0.717) is 5.92 Å². The molecule has 0 amide bonds. The number of thiophene rings is 1. The van der Waals surface area contributed by atoms with Gasteiger partial charge in [0.2, 0.25) is 0 Å². The van der Waals surface area contributed by atoms with Crippen LogP contribution in [0.3, 0.4) is 0 Å². The minimum atomic E-state index is 0.712. The van der Waals surface area contributed by atoms with Crippen LogP contribution in [-0.2, 0) is 6.42 Å². The molecule has 1 N–H and O–H groups in total. The fraction of sp³-hybridized carbons (Fsp3) is 0.467. The van der Waals surface area contributed by atoms with Crippen molar-refractivity contribution in [3.05, 3.63) is 29.1 Å². The van der Waals surface area contributed by atoms with Crippen molar-refractivity contribution in [2.45, 2.75) is 20.3 Å². The van der Waals surface area contributed by atoms with Crippen LogP contribution in [-0.4, -0.2) is 20.2 Å². The molecule has 0 fully saturated rings. The Bertz CT molecular complexity index is 504. The summed E-state index contributed by atoms with van der Waals surface area (Å²) in [4.78, 5) is 0. The number of fused-ring (bicyclic) bond motifs is 1. The molecule has 0 radical (unpaired) electrons. The van der Waals surface area contributed by atoms with Crippen LogP contribution < -0.4 is 10.1 Å². The number of nitrogens with one attached hydrogen (secondary N) is 1. The fourth-order valence-corrected chi connectivity index (χ4v) is 2.97. The van der Waals surface area contributed by atoms with E-state index in [-0.39, 0.29) is 0 Å². The zero-order valence-electron chi connectivity index (χ0n) is 11.3. The van der Waals surface area contributed by atoms with Gasteiger partial charge in [-0.3, -0.25) is 0 Å². The van der Waals surface area contributed by atoms with Gasteiger partial charge in [0.05, 0.1) is 7.11 Å². The molecule has 3 heteroatoms. The number of hydrogen-bond acceptors (Lipinski definition) is 3. The maximum atomic E-state index is 5.29. The molecule has 1 aromatic carbocycles. The molecule has 2 rings (SSSR count). The summed E-state index contributed by atoms with van der Waals surface area (Å²) in [7, 11) is 1.72. The molecule has 1 heterocycles. The third-order valence-electron chi connectivity index (χ3n) is 2.98. The van der Waals surface area contributed by atoms with E-state index >= 15 is 0 Å². The molecule has 0 atom stereocenters. The molecule has 0 saturated heterocycles. The summed E-state index contributed by atoms with van der Waals surface area (Å²) < 4.78 is 6.64. The third kappa shape index (κ3) is 3.24. The highest BCUT2D eigenvalue weighted by atomic mass is 32.1. The molecule has 0 spiro atoms. The highest BCUT2D eigenvalue weighted by molar-refractivity contribution is 7.17. The van der Waals surface area contributed by atoms with Crippen molar-refractivity contribution in [2.75, 3.05) is 20.2 Å². The van der Waals surface area contributed by atoms with Gasteiger partial charge in [-0.1, -0.05) is 13.8 Å². The summed E-state index contributed by atoms with van der Waals surface area (Å²) in [5, 5.41) is 7.09. The van der Waals surface area contributed by atoms with Crippen molar-refractivity contribution < 1.29 is 4.74 Å². The van der Waals surface area contributed by atoms with E-state index in [4.69, 9.17) is 4.74 Å². The molecule has 0 bridgehead atoms. The molecule has 0 aliphatic rings. The van der Waals surface area contributed by atoms with E-state index in [0.717, 1.165) is 25.3 Å². The van der Waals surface area contributed by atoms with Crippen LogP contribution in [0.1, 0.15) is 19.4 Å². The minimum Gasteiger partial charge on any atom is -0.497 e. The zero-order chi connectivity index (χ0) is 13.0. The first kappa shape index (κ1) is 13.4. The Kier molecular flexibility index (Phi) is 4.61. The number of ether oxygens (including phenoxy) is 1. The van der Waals surface area contributed by atoms with Crippen LogP contribution in [0.2, 0.25) is 0 Å². The van der Waals surface area contributed by atoms with Crippen molar-refractivity contribution in [1.29, 1.82) is 0 Å². The van der Waals surface area contributed by atoms with Gasteiger partial charge in [0.15, 0.2) is 0 Å². The number of benzene rings is 1. The van der Waals surface area contributed by atoms with Gasteiger partial charge in [-0.25, -0.2) is 0 Å². The Labute approximate surface area is 113 Å². The Hall–Kier alpha value is -1.06. The highest BCUT2D eigenvalue weighted by Crippen LogP contribution is 2.29. The SMILES string of the molecule is COc1ccc2scc(CCNCC(C)C)c2c1. The van der Waals surface area contributed by atoms with Gasteiger partial charge in [-0.05, 0) is 60.0 Å². The number of rotatable bonds is 6. The Morgan fingerprint density at radius 1 is 1.33 bits per heavy atom. The quantitative estimate of drug-likeness (QED) is 0.802. The van der Waals surface area contributed by atoms with Gasteiger partial charge < -0.3 is 10.1 Å². The van der Waals surface area contributed by atoms with Gasteiger partial charge in [0, 0.05) is 4.70 Å². The third-order valence-corrected chi connectivity index (χ3v) is 4.00. The van der Waals surface area contributed by atoms with E-state index in [2.05, 4.69) is 36.7 Å². The van der Waals surface area contributed by atoms with E-state index < -0.39 is 0 Å². The molecule has 0 saturated carbocycles. The largest absolute Gasteiger partial charge is 0.497 e. The summed E-state index contributed by atoms with van der Waals surface area (Å²) in [6, 6.07) is 6.31. The molecule has 2 aromatic rings. The minimum absolute atomic E-state index is 0.712. The van der Waals surface area contributed by atoms with Crippen molar-refractivity contribution in [3.8, 4) is 5.75 Å². The predicted octanol–water partition coefficient (Wildman–Crippen LogP) is 3.70. The van der Waals surface area contributed by atoms with Gasteiger partial charge in [-0.15, -0.1) is 11.3 Å². The maximum absolute atomic E-state index is 5.29. The van der Waals surface area contributed by atoms with Gasteiger partial charge in [0.25, 0.3) is 0 Å². The predicted molar refractivity (Wildman–Crippen MR) is 79.8 cm³/mol. The van der Waals surface area contributed by atoms with Crippen molar-refractivity contribution >= 4 is 21.4 Å². The summed E-state index contributed by atoms with van der Waals surface area (Å²) in [6.45, 7) is 6.60. The second-order valence-corrected chi connectivity index (χ2v) is 5.88. The first-order valence-electron chi connectivity index (χ1n) is 6.45. The molecule has 2 nitrogen and oxygen atoms in total. The lowest BCUT2D eigenvalue weighted by molar-refractivity contribution is 0.415. The van der Waals surface area contributed by atoms with Crippen molar-refractivity contribution in [3.63, 3.8) is 0 Å². The lowest BCUT2D eigenvalue weighted by atomic mass is 10.1. The molecule has 98 valence electrons. The molecular weight excluding hydrogens is 242 g/mol. The Balaban J connectivity index is 2.04. The van der Waals surface area contributed by atoms with E-state index in [1.165, 1.54) is 15.6 Å². The molecule has 0 aliphatic heterocycles. The second kappa shape index (κ2) is 6.21. The second-order valence-electron chi connectivity index (χ2n) is 4.97. The van der Waals surface area contributed by atoms with Crippen molar-refractivity contribution in [2.24, 2.45) is 5.92 Å². The van der Waals surface area contributed by atoms with Crippen molar-refractivity contribution in [1.82, 2.24) is 5.32 Å². The first-order chi connectivity index (χ1) is 8.70. The summed E-state index contributed by atoms with van der Waals surface area (Å²) >= 11 is 1.81. The van der Waals surface area contributed by atoms with E-state index in [9.17, 15) is 0 Å². The van der Waals surface area contributed by atoms with E-state index in [1.807, 2.05) is 17.4 Å². The van der Waals surface area contributed by atoms with Crippen LogP contribution in [0.5, 0.6) is 5.75 Å². The monoisotopic (exact) mass is 263 g/mol.